The second kappa shape index (κ2) is 4.83. The summed E-state index contributed by atoms with van der Waals surface area (Å²) in [6.07, 6.45) is 1.82. The first-order valence-corrected chi connectivity index (χ1v) is 8.21. The fourth-order valence-corrected chi connectivity index (χ4v) is 3.86. The summed E-state index contributed by atoms with van der Waals surface area (Å²) in [5.41, 5.74) is 2.79. The number of aromatic nitrogens is 3. The van der Waals surface area contributed by atoms with Crippen LogP contribution in [-0.2, 0) is 0 Å². The normalized spacial score (nSPS) is 11.5. The third-order valence-electron chi connectivity index (χ3n) is 3.98. The summed E-state index contributed by atoms with van der Waals surface area (Å²) in [5, 5.41) is 3.46. The van der Waals surface area contributed by atoms with Gasteiger partial charge in [0.2, 0.25) is 0 Å². The molecule has 0 amide bonds. The summed E-state index contributed by atoms with van der Waals surface area (Å²) in [4.78, 5) is 16.0. The minimum atomic E-state index is 0.898. The van der Waals surface area contributed by atoms with Crippen LogP contribution in [0.25, 0.3) is 42.7 Å². The van der Waals surface area contributed by atoms with Crippen LogP contribution in [0, 0.1) is 0 Å². The van der Waals surface area contributed by atoms with Crippen LogP contribution >= 0.6 is 11.3 Å². The fourth-order valence-electron chi connectivity index (χ4n) is 2.84. The zero-order chi connectivity index (χ0) is 15.2. The minimum absolute atomic E-state index is 0.898. The molecule has 0 saturated carbocycles. The monoisotopic (exact) mass is 313 g/mol. The molecule has 108 valence electrons. The van der Waals surface area contributed by atoms with E-state index in [0.717, 1.165) is 42.7 Å². The number of rotatable bonds is 1. The Morgan fingerprint density at radius 2 is 1.48 bits per heavy atom. The molecule has 0 N–H and O–H groups in total. The number of hydrogen-bond donors (Lipinski definition) is 0. The molecule has 0 bridgehead atoms. The van der Waals surface area contributed by atoms with E-state index in [1.54, 1.807) is 11.3 Å². The van der Waals surface area contributed by atoms with E-state index >= 15 is 0 Å². The summed E-state index contributed by atoms with van der Waals surface area (Å²) in [5.74, 6) is 0. The van der Waals surface area contributed by atoms with Crippen molar-refractivity contribution >= 4 is 42.7 Å². The molecule has 23 heavy (non-hydrogen) atoms. The largest absolute Gasteiger partial charge is 0.246 e. The third kappa shape index (κ3) is 1.99. The summed E-state index contributed by atoms with van der Waals surface area (Å²) >= 11 is 1.62. The van der Waals surface area contributed by atoms with E-state index in [4.69, 9.17) is 9.97 Å². The molecule has 4 aromatic heterocycles. The highest BCUT2D eigenvalue weighted by atomic mass is 32.1. The molecule has 5 rings (SSSR count). The van der Waals surface area contributed by atoms with Gasteiger partial charge >= 0.3 is 0 Å². The van der Waals surface area contributed by atoms with Gasteiger partial charge in [-0.25, -0.2) is 15.0 Å². The van der Waals surface area contributed by atoms with E-state index in [2.05, 4.69) is 29.2 Å². The van der Waals surface area contributed by atoms with Gasteiger partial charge < -0.3 is 0 Å². The standard InChI is InChI=1S/C19H11N3S/c1-2-6-15-12(4-1)7-9-16(21-15)17-10-8-14-13-5-3-11-20-18(13)23-19(14)22-17/h1-11H. The maximum absolute atomic E-state index is 4.81. The Bertz CT molecular complexity index is 1180. The SMILES string of the molecule is c1ccc2nc(-c3ccc4c(n3)sc3ncccc34)ccc2c1. The fraction of sp³-hybridized carbons (Fsp3) is 0. The molecule has 0 spiro atoms. The molecule has 0 aliphatic rings. The van der Waals surface area contributed by atoms with Crippen LogP contribution in [0.3, 0.4) is 0 Å². The molecule has 3 nitrogen and oxygen atoms in total. The van der Waals surface area contributed by atoms with Gasteiger partial charge in [-0.1, -0.05) is 35.6 Å². The van der Waals surface area contributed by atoms with Crippen LogP contribution in [0.4, 0.5) is 0 Å². The molecule has 0 saturated heterocycles. The minimum Gasteiger partial charge on any atom is -0.246 e. The van der Waals surface area contributed by atoms with Crippen molar-refractivity contribution in [3.8, 4) is 11.4 Å². The Balaban J connectivity index is 1.73. The third-order valence-corrected chi connectivity index (χ3v) is 5.00. The van der Waals surface area contributed by atoms with Crippen molar-refractivity contribution in [3.05, 3.63) is 66.9 Å². The van der Waals surface area contributed by atoms with Gasteiger partial charge in [-0.2, -0.15) is 0 Å². The first-order chi connectivity index (χ1) is 11.4. The zero-order valence-corrected chi connectivity index (χ0v) is 12.9. The van der Waals surface area contributed by atoms with Crippen LogP contribution in [0.15, 0.2) is 66.9 Å². The van der Waals surface area contributed by atoms with E-state index in [9.17, 15) is 0 Å². The van der Waals surface area contributed by atoms with E-state index in [1.165, 1.54) is 0 Å². The topological polar surface area (TPSA) is 38.7 Å². The number of hydrogen-bond acceptors (Lipinski definition) is 4. The van der Waals surface area contributed by atoms with E-state index in [0.29, 0.717) is 0 Å². The molecule has 0 radical (unpaired) electrons. The summed E-state index contributed by atoms with van der Waals surface area (Å²) < 4.78 is 0. The second-order valence-electron chi connectivity index (χ2n) is 5.40. The smallest absolute Gasteiger partial charge is 0.126 e. The summed E-state index contributed by atoms with van der Waals surface area (Å²) in [6.45, 7) is 0. The Kier molecular flexibility index (Phi) is 2.66. The highest BCUT2D eigenvalue weighted by Crippen LogP contribution is 2.32. The molecular formula is C19H11N3S. The molecule has 0 unspecified atom stereocenters. The number of nitrogens with zero attached hydrogens (tertiary/aromatic N) is 3. The van der Waals surface area contributed by atoms with Crippen molar-refractivity contribution in [2.24, 2.45) is 0 Å². The van der Waals surface area contributed by atoms with Gasteiger partial charge in [-0.3, -0.25) is 0 Å². The Labute approximate surface area is 136 Å². The number of para-hydroxylation sites is 1. The van der Waals surface area contributed by atoms with Crippen LogP contribution < -0.4 is 0 Å². The maximum atomic E-state index is 4.81. The molecule has 0 aliphatic carbocycles. The molecule has 0 fully saturated rings. The number of benzene rings is 1. The average molecular weight is 313 g/mol. The summed E-state index contributed by atoms with van der Waals surface area (Å²) in [6, 6.07) is 20.5. The molecule has 5 aromatic rings. The molecule has 0 aliphatic heterocycles. The lowest BCUT2D eigenvalue weighted by atomic mass is 10.1. The van der Waals surface area contributed by atoms with E-state index < -0.39 is 0 Å². The van der Waals surface area contributed by atoms with Crippen LogP contribution in [0.1, 0.15) is 0 Å². The van der Waals surface area contributed by atoms with Crippen molar-refractivity contribution in [2.45, 2.75) is 0 Å². The Hall–Kier alpha value is -2.85. The quantitative estimate of drug-likeness (QED) is 0.434. The number of thiophene rings is 1. The number of pyridine rings is 3. The van der Waals surface area contributed by atoms with E-state index in [-0.39, 0.29) is 0 Å². The predicted octanol–water partition coefficient (Wildman–Crippen LogP) is 5.06. The van der Waals surface area contributed by atoms with Gasteiger partial charge in [0, 0.05) is 22.4 Å². The van der Waals surface area contributed by atoms with Gasteiger partial charge in [-0.05, 0) is 36.4 Å². The van der Waals surface area contributed by atoms with Gasteiger partial charge in [0.25, 0.3) is 0 Å². The van der Waals surface area contributed by atoms with Crippen molar-refractivity contribution in [1.29, 1.82) is 0 Å². The van der Waals surface area contributed by atoms with Crippen LogP contribution in [0.5, 0.6) is 0 Å². The van der Waals surface area contributed by atoms with Gasteiger partial charge in [0.15, 0.2) is 0 Å². The van der Waals surface area contributed by atoms with Crippen molar-refractivity contribution < 1.29 is 0 Å². The molecule has 4 heterocycles. The highest BCUT2D eigenvalue weighted by molar-refractivity contribution is 7.25. The predicted molar refractivity (Wildman–Crippen MR) is 95.7 cm³/mol. The van der Waals surface area contributed by atoms with Gasteiger partial charge in [0.05, 0.1) is 16.9 Å². The van der Waals surface area contributed by atoms with Crippen molar-refractivity contribution in [1.82, 2.24) is 15.0 Å². The first kappa shape index (κ1) is 12.7. The van der Waals surface area contributed by atoms with Crippen LogP contribution in [-0.4, -0.2) is 15.0 Å². The van der Waals surface area contributed by atoms with Crippen LogP contribution in [0.2, 0.25) is 0 Å². The Morgan fingerprint density at radius 1 is 0.652 bits per heavy atom. The lowest BCUT2D eigenvalue weighted by Crippen LogP contribution is -1.88. The maximum Gasteiger partial charge on any atom is 0.126 e. The highest BCUT2D eigenvalue weighted by Gasteiger charge is 2.09. The lowest BCUT2D eigenvalue weighted by Gasteiger charge is -2.02. The second-order valence-corrected chi connectivity index (χ2v) is 6.37. The first-order valence-electron chi connectivity index (χ1n) is 7.39. The average Bonchev–Trinajstić information content (AvgIpc) is 2.99. The number of fused-ring (bicyclic) bond motifs is 4. The molecule has 1 aromatic carbocycles. The zero-order valence-electron chi connectivity index (χ0n) is 12.1. The van der Waals surface area contributed by atoms with Crippen molar-refractivity contribution in [2.75, 3.05) is 0 Å². The van der Waals surface area contributed by atoms with Crippen molar-refractivity contribution in [3.63, 3.8) is 0 Å². The molecule has 4 heteroatoms. The lowest BCUT2D eigenvalue weighted by molar-refractivity contribution is 1.33. The summed E-state index contributed by atoms with van der Waals surface area (Å²) in [7, 11) is 0. The van der Waals surface area contributed by atoms with Gasteiger partial charge in [0.1, 0.15) is 9.66 Å². The molecule has 0 atom stereocenters. The molecular weight excluding hydrogens is 302 g/mol. The van der Waals surface area contributed by atoms with E-state index in [1.807, 2.05) is 42.6 Å². The Morgan fingerprint density at radius 3 is 2.48 bits per heavy atom. The van der Waals surface area contributed by atoms with Gasteiger partial charge in [-0.15, -0.1) is 0 Å².